The number of amides is 2. The molecule has 0 spiro atoms. The summed E-state index contributed by atoms with van der Waals surface area (Å²) in [5, 5.41) is 12.1. The van der Waals surface area contributed by atoms with Crippen molar-refractivity contribution in [3.63, 3.8) is 0 Å². The van der Waals surface area contributed by atoms with E-state index in [-0.39, 0.29) is 23.9 Å². The molecule has 0 bridgehead atoms. The van der Waals surface area contributed by atoms with Crippen LogP contribution in [0, 0.1) is 17.6 Å². The maximum absolute atomic E-state index is 13.8. The summed E-state index contributed by atoms with van der Waals surface area (Å²) >= 11 is 0. The maximum Gasteiger partial charge on any atom is 0.326 e. The summed E-state index contributed by atoms with van der Waals surface area (Å²) in [5.41, 5.74) is 2.92. The number of hydrogen-bond acceptors (Lipinski definition) is 3. The molecule has 0 aromatic heterocycles. The van der Waals surface area contributed by atoms with Crippen molar-refractivity contribution < 1.29 is 28.3 Å². The van der Waals surface area contributed by atoms with E-state index in [2.05, 4.69) is 5.32 Å². The first kappa shape index (κ1) is 23.1. The molecule has 174 valence electrons. The Morgan fingerprint density at radius 3 is 2.26 bits per heavy atom. The van der Waals surface area contributed by atoms with Crippen molar-refractivity contribution >= 4 is 23.5 Å². The number of nitrogens with zero attached hydrogens (tertiary/aromatic N) is 1. The van der Waals surface area contributed by atoms with Crippen molar-refractivity contribution in [1.29, 1.82) is 0 Å². The first-order chi connectivity index (χ1) is 16.2. The third kappa shape index (κ3) is 4.39. The maximum atomic E-state index is 13.8. The summed E-state index contributed by atoms with van der Waals surface area (Å²) in [7, 11) is 0. The minimum Gasteiger partial charge on any atom is -0.480 e. The van der Waals surface area contributed by atoms with Gasteiger partial charge in [-0.2, -0.15) is 0 Å². The van der Waals surface area contributed by atoms with E-state index >= 15 is 0 Å². The molecule has 0 aliphatic carbocycles. The molecule has 34 heavy (non-hydrogen) atoms. The van der Waals surface area contributed by atoms with Gasteiger partial charge in [-0.1, -0.05) is 38.1 Å². The first-order valence-corrected chi connectivity index (χ1v) is 10.7. The zero-order valence-corrected chi connectivity index (χ0v) is 18.5. The fourth-order valence-corrected chi connectivity index (χ4v) is 4.12. The van der Waals surface area contributed by atoms with Gasteiger partial charge in [0.15, 0.2) is 0 Å². The van der Waals surface area contributed by atoms with E-state index in [9.17, 15) is 28.3 Å². The van der Waals surface area contributed by atoms with Crippen LogP contribution in [0.4, 0.5) is 14.5 Å². The normalized spacial score (nSPS) is 13.7. The quantitative estimate of drug-likeness (QED) is 0.541. The number of aliphatic carboxylic acids is 1. The van der Waals surface area contributed by atoms with Gasteiger partial charge in [-0.15, -0.1) is 0 Å². The van der Waals surface area contributed by atoms with Crippen LogP contribution >= 0.6 is 0 Å². The van der Waals surface area contributed by atoms with Crippen molar-refractivity contribution in [3.05, 3.63) is 89.0 Å². The molecule has 1 aliphatic rings. The number of rotatable bonds is 6. The van der Waals surface area contributed by atoms with Crippen molar-refractivity contribution in [2.45, 2.75) is 26.4 Å². The molecule has 4 rings (SSSR count). The van der Waals surface area contributed by atoms with Crippen LogP contribution in [0.3, 0.4) is 0 Å². The summed E-state index contributed by atoms with van der Waals surface area (Å²) in [5.74, 6) is -4.00. The van der Waals surface area contributed by atoms with Crippen molar-refractivity contribution in [1.82, 2.24) is 4.90 Å². The number of hydrogen-bond donors (Lipinski definition) is 2. The molecule has 8 heteroatoms. The summed E-state index contributed by atoms with van der Waals surface area (Å²) in [6.07, 6.45) is 0. The number of benzene rings is 3. The highest BCUT2D eigenvalue weighted by Crippen LogP contribution is 2.31. The third-order valence-corrected chi connectivity index (χ3v) is 5.81. The lowest BCUT2D eigenvalue weighted by Gasteiger charge is -2.27. The average molecular weight is 464 g/mol. The van der Waals surface area contributed by atoms with Crippen LogP contribution < -0.4 is 5.32 Å². The van der Waals surface area contributed by atoms with Crippen LogP contribution in [0.2, 0.25) is 0 Å². The summed E-state index contributed by atoms with van der Waals surface area (Å²) in [4.78, 5) is 38.3. The Labute approximate surface area is 194 Å². The van der Waals surface area contributed by atoms with Gasteiger partial charge in [0, 0.05) is 23.9 Å². The monoisotopic (exact) mass is 464 g/mol. The van der Waals surface area contributed by atoms with Crippen LogP contribution in [0.25, 0.3) is 11.1 Å². The molecule has 6 nitrogen and oxygen atoms in total. The summed E-state index contributed by atoms with van der Waals surface area (Å²) in [6, 6.07) is 14.0. The standard InChI is InChI=1S/C26H22F2N2O4/c1-14(2)23(26(33)34)30-13-17-4-3-16(11-21(17)25(30)32)15-5-8-19(9-6-15)29-24(31)20-10-7-18(27)12-22(20)28/h3-12,14,23H,13H2,1-2H3,(H,29,31)(H,33,34)/t23-/m0/s1. The SMILES string of the molecule is CC(C)[C@@H](C(=O)O)N1Cc2ccc(-c3ccc(NC(=O)c4ccc(F)cc4F)cc3)cc2C1=O. The predicted octanol–water partition coefficient (Wildman–Crippen LogP) is 4.95. The van der Waals surface area contributed by atoms with Gasteiger partial charge in [0.1, 0.15) is 17.7 Å². The van der Waals surface area contributed by atoms with E-state index in [1.54, 1.807) is 44.2 Å². The highest BCUT2D eigenvalue weighted by atomic mass is 19.1. The van der Waals surface area contributed by atoms with E-state index in [1.165, 1.54) is 4.90 Å². The lowest BCUT2D eigenvalue weighted by Crippen LogP contribution is -2.44. The van der Waals surface area contributed by atoms with Gasteiger partial charge in [0.25, 0.3) is 11.8 Å². The summed E-state index contributed by atoms with van der Waals surface area (Å²) < 4.78 is 26.9. The van der Waals surface area contributed by atoms with Crippen LogP contribution in [0.5, 0.6) is 0 Å². The zero-order valence-electron chi connectivity index (χ0n) is 18.5. The molecular formula is C26H22F2N2O4. The number of anilines is 1. The van der Waals surface area contributed by atoms with E-state index < -0.39 is 29.6 Å². The second-order valence-electron chi connectivity index (χ2n) is 8.49. The Bertz CT molecular complexity index is 1290. The van der Waals surface area contributed by atoms with Crippen LogP contribution in [-0.2, 0) is 11.3 Å². The molecule has 1 atom stereocenters. The fourth-order valence-electron chi connectivity index (χ4n) is 4.12. The number of carbonyl (C=O) groups excluding carboxylic acids is 2. The van der Waals surface area contributed by atoms with E-state index in [0.717, 1.165) is 28.8 Å². The van der Waals surface area contributed by atoms with E-state index in [4.69, 9.17) is 0 Å². The second-order valence-corrected chi connectivity index (χ2v) is 8.49. The van der Waals surface area contributed by atoms with Gasteiger partial charge in [-0.3, -0.25) is 9.59 Å². The number of nitrogens with one attached hydrogen (secondary N) is 1. The van der Waals surface area contributed by atoms with Gasteiger partial charge in [-0.25, -0.2) is 13.6 Å². The number of carbonyl (C=O) groups is 3. The van der Waals surface area contributed by atoms with Crippen LogP contribution in [-0.4, -0.2) is 33.8 Å². The third-order valence-electron chi connectivity index (χ3n) is 5.81. The highest BCUT2D eigenvalue weighted by Gasteiger charge is 2.38. The van der Waals surface area contributed by atoms with E-state index in [0.29, 0.717) is 17.3 Å². The van der Waals surface area contributed by atoms with Crippen LogP contribution in [0.1, 0.15) is 40.1 Å². The lowest BCUT2D eigenvalue weighted by molar-refractivity contribution is -0.144. The molecule has 3 aromatic carbocycles. The van der Waals surface area contributed by atoms with Crippen molar-refractivity contribution in [3.8, 4) is 11.1 Å². The molecule has 2 N–H and O–H groups in total. The molecule has 2 amide bonds. The Morgan fingerprint density at radius 1 is 0.971 bits per heavy atom. The Hall–Kier alpha value is -4.07. The van der Waals surface area contributed by atoms with Gasteiger partial charge in [0.05, 0.1) is 5.56 Å². The minimum absolute atomic E-state index is 0.235. The largest absolute Gasteiger partial charge is 0.480 e. The van der Waals surface area contributed by atoms with Gasteiger partial charge in [-0.05, 0) is 52.9 Å². The molecule has 0 unspecified atom stereocenters. The lowest BCUT2D eigenvalue weighted by atomic mass is 10.00. The Morgan fingerprint density at radius 2 is 1.65 bits per heavy atom. The Kier molecular flexibility index (Phi) is 6.15. The molecule has 3 aromatic rings. The highest BCUT2D eigenvalue weighted by molar-refractivity contribution is 6.04. The molecule has 0 radical (unpaired) electrons. The molecular weight excluding hydrogens is 442 g/mol. The number of carboxylic acids is 1. The number of carboxylic acid groups (broad SMARTS) is 1. The molecule has 0 fully saturated rings. The molecule has 0 saturated carbocycles. The van der Waals surface area contributed by atoms with Crippen molar-refractivity contribution in [2.24, 2.45) is 5.92 Å². The molecule has 1 heterocycles. The Balaban J connectivity index is 1.52. The van der Waals surface area contributed by atoms with Gasteiger partial charge in [0.2, 0.25) is 0 Å². The average Bonchev–Trinajstić information content (AvgIpc) is 3.09. The van der Waals surface area contributed by atoms with E-state index in [1.807, 2.05) is 12.1 Å². The van der Waals surface area contributed by atoms with Gasteiger partial charge >= 0.3 is 5.97 Å². The van der Waals surface area contributed by atoms with Crippen LogP contribution in [0.15, 0.2) is 60.7 Å². The second kappa shape index (κ2) is 9.05. The topological polar surface area (TPSA) is 86.7 Å². The minimum atomic E-state index is -1.03. The fraction of sp³-hybridized carbons (Fsp3) is 0.192. The summed E-state index contributed by atoms with van der Waals surface area (Å²) in [6.45, 7) is 3.78. The number of halogens is 2. The zero-order chi connectivity index (χ0) is 24.6. The predicted molar refractivity (Wildman–Crippen MR) is 122 cm³/mol. The molecule has 0 saturated heterocycles. The smallest absolute Gasteiger partial charge is 0.326 e. The molecule has 1 aliphatic heterocycles. The number of fused-ring (bicyclic) bond motifs is 1. The van der Waals surface area contributed by atoms with Gasteiger partial charge < -0.3 is 15.3 Å². The van der Waals surface area contributed by atoms with Crippen molar-refractivity contribution in [2.75, 3.05) is 5.32 Å². The first-order valence-electron chi connectivity index (χ1n) is 10.7.